The fourth-order valence-corrected chi connectivity index (χ4v) is 3.43. The molecule has 0 saturated carbocycles. The smallest absolute Gasteiger partial charge is 0.138 e. The lowest BCUT2D eigenvalue weighted by Gasteiger charge is -2.35. The number of aryl methyl sites for hydroxylation is 2. The van der Waals surface area contributed by atoms with Crippen molar-refractivity contribution >= 4 is 17.4 Å². The van der Waals surface area contributed by atoms with E-state index in [4.69, 9.17) is 16.3 Å². The van der Waals surface area contributed by atoms with E-state index in [1.54, 1.807) is 0 Å². The third-order valence-corrected chi connectivity index (χ3v) is 4.61. The third kappa shape index (κ3) is 3.33. The molecule has 0 amide bonds. The van der Waals surface area contributed by atoms with Gasteiger partial charge in [-0.15, -0.1) is 0 Å². The highest BCUT2D eigenvalue weighted by Crippen LogP contribution is 2.31. The molecule has 0 spiro atoms. The van der Waals surface area contributed by atoms with Gasteiger partial charge in [0, 0.05) is 18.7 Å². The number of hydrogen-bond acceptors (Lipinski definition) is 4. The van der Waals surface area contributed by atoms with Gasteiger partial charge in [0.1, 0.15) is 22.9 Å². The zero-order chi connectivity index (χ0) is 16.4. The number of rotatable bonds is 3. The summed E-state index contributed by atoms with van der Waals surface area (Å²) in [5.41, 5.74) is 3.52. The second kappa shape index (κ2) is 6.85. The molecule has 0 aliphatic carbocycles. The van der Waals surface area contributed by atoms with Crippen LogP contribution in [0, 0.1) is 13.8 Å². The Morgan fingerprint density at radius 3 is 2.78 bits per heavy atom. The molecule has 2 aromatic rings. The molecule has 1 aliphatic rings. The van der Waals surface area contributed by atoms with E-state index in [0.29, 0.717) is 17.6 Å². The zero-order valence-corrected chi connectivity index (χ0v) is 14.6. The first-order chi connectivity index (χ1) is 11.1. The van der Waals surface area contributed by atoms with E-state index >= 15 is 0 Å². The average molecular weight is 332 g/mol. The molecule has 2 heterocycles. The first kappa shape index (κ1) is 16.2. The number of nitrogens with zero attached hydrogens (tertiary/aromatic N) is 3. The molecule has 1 saturated heterocycles. The Labute approximate surface area is 142 Å². The molecule has 5 heteroatoms. The predicted octanol–water partition coefficient (Wildman–Crippen LogP) is 3.89. The van der Waals surface area contributed by atoms with Gasteiger partial charge in [-0.25, -0.2) is 9.97 Å². The summed E-state index contributed by atoms with van der Waals surface area (Å²) in [5, 5.41) is 0.564. The second-order valence-corrected chi connectivity index (χ2v) is 6.24. The van der Waals surface area contributed by atoms with Gasteiger partial charge in [0.15, 0.2) is 0 Å². The molecule has 0 bridgehead atoms. The van der Waals surface area contributed by atoms with E-state index in [2.05, 4.69) is 53.0 Å². The van der Waals surface area contributed by atoms with Crippen molar-refractivity contribution in [1.29, 1.82) is 0 Å². The first-order valence-corrected chi connectivity index (χ1v) is 8.43. The van der Waals surface area contributed by atoms with Crippen LogP contribution in [0.5, 0.6) is 0 Å². The van der Waals surface area contributed by atoms with Crippen LogP contribution >= 0.6 is 11.6 Å². The van der Waals surface area contributed by atoms with E-state index < -0.39 is 0 Å². The maximum Gasteiger partial charge on any atom is 0.138 e. The summed E-state index contributed by atoms with van der Waals surface area (Å²) in [7, 11) is 0. The van der Waals surface area contributed by atoms with Crippen molar-refractivity contribution in [2.24, 2.45) is 0 Å². The molecular formula is C18H22ClN3O. The van der Waals surface area contributed by atoms with E-state index in [9.17, 15) is 0 Å². The lowest BCUT2D eigenvalue weighted by Crippen LogP contribution is -2.39. The molecule has 4 nitrogen and oxygen atoms in total. The number of hydrogen-bond donors (Lipinski definition) is 0. The number of halogens is 1. The van der Waals surface area contributed by atoms with E-state index in [1.807, 2.05) is 6.92 Å². The monoisotopic (exact) mass is 331 g/mol. The Morgan fingerprint density at radius 1 is 1.26 bits per heavy atom. The maximum absolute atomic E-state index is 6.32. The molecule has 0 radical (unpaired) electrons. The predicted molar refractivity (Wildman–Crippen MR) is 93.2 cm³/mol. The molecular weight excluding hydrogens is 310 g/mol. The van der Waals surface area contributed by atoms with E-state index in [1.165, 1.54) is 11.1 Å². The summed E-state index contributed by atoms with van der Waals surface area (Å²) in [5.74, 6) is 1.66. The van der Waals surface area contributed by atoms with Crippen molar-refractivity contribution in [2.75, 3.05) is 24.6 Å². The molecule has 1 aliphatic heterocycles. The van der Waals surface area contributed by atoms with Gasteiger partial charge >= 0.3 is 0 Å². The summed E-state index contributed by atoms with van der Waals surface area (Å²) >= 11 is 6.32. The fraction of sp³-hybridized carbons (Fsp3) is 0.444. The molecule has 23 heavy (non-hydrogen) atoms. The minimum atomic E-state index is 0.0590. The molecule has 1 aromatic heterocycles. The number of morpholine rings is 1. The van der Waals surface area contributed by atoms with Crippen molar-refractivity contribution in [1.82, 2.24) is 9.97 Å². The van der Waals surface area contributed by atoms with Crippen molar-refractivity contribution in [3.63, 3.8) is 0 Å². The highest BCUT2D eigenvalue weighted by atomic mass is 35.5. The Morgan fingerprint density at radius 2 is 2.04 bits per heavy atom. The van der Waals surface area contributed by atoms with Gasteiger partial charge in [-0.3, -0.25) is 0 Å². The lowest BCUT2D eigenvalue weighted by atomic mass is 10.0. The topological polar surface area (TPSA) is 38.2 Å². The van der Waals surface area contributed by atoms with Gasteiger partial charge in [0.2, 0.25) is 0 Å². The van der Waals surface area contributed by atoms with Crippen molar-refractivity contribution in [3.8, 4) is 0 Å². The molecule has 122 valence electrons. The largest absolute Gasteiger partial charge is 0.370 e. The number of anilines is 1. The van der Waals surface area contributed by atoms with Gasteiger partial charge in [0.25, 0.3) is 0 Å². The lowest BCUT2D eigenvalue weighted by molar-refractivity contribution is 0.0390. The van der Waals surface area contributed by atoms with Crippen LogP contribution in [0.25, 0.3) is 0 Å². The van der Waals surface area contributed by atoms with E-state index in [0.717, 1.165) is 30.9 Å². The van der Waals surface area contributed by atoms with Gasteiger partial charge in [-0.1, -0.05) is 42.8 Å². The fourth-order valence-electron chi connectivity index (χ4n) is 3.09. The van der Waals surface area contributed by atoms with Crippen molar-refractivity contribution in [2.45, 2.75) is 33.3 Å². The third-order valence-electron chi connectivity index (χ3n) is 4.30. The van der Waals surface area contributed by atoms with E-state index in [-0.39, 0.29) is 6.10 Å². The minimum absolute atomic E-state index is 0.0590. The zero-order valence-electron chi connectivity index (χ0n) is 13.8. The number of aromatic nitrogens is 2. The quantitative estimate of drug-likeness (QED) is 0.800. The molecule has 1 atom stereocenters. The summed E-state index contributed by atoms with van der Waals surface area (Å²) in [4.78, 5) is 11.2. The van der Waals surface area contributed by atoms with Crippen LogP contribution in [0.15, 0.2) is 24.3 Å². The highest BCUT2D eigenvalue weighted by molar-refractivity contribution is 6.30. The second-order valence-electron chi connectivity index (χ2n) is 5.88. The normalized spacial score (nSPS) is 18.3. The van der Waals surface area contributed by atoms with Crippen LogP contribution in [0.3, 0.4) is 0 Å². The summed E-state index contributed by atoms with van der Waals surface area (Å²) < 4.78 is 6.01. The number of ether oxygens (including phenoxy) is 1. The van der Waals surface area contributed by atoms with Crippen molar-refractivity contribution < 1.29 is 4.74 Å². The Balaban J connectivity index is 1.92. The molecule has 1 fully saturated rings. The van der Waals surface area contributed by atoms with Gasteiger partial charge in [0.05, 0.1) is 6.61 Å². The molecule has 1 unspecified atom stereocenters. The highest BCUT2D eigenvalue weighted by Gasteiger charge is 2.26. The summed E-state index contributed by atoms with van der Waals surface area (Å²) in [6.07, 6.45) is 0.879. The van der Waals surface area contributed by atoms with Crippen LogP contribution in [0.1, 0.15) is 35.5 Å². The first-order valence-electron chi connectivity index (χ1n) is 8.05. The van der Waals surface area contributed by atoms with Crippen LogP contribution in [0.4, 0.5) is 5.82 Å². The minimum Gasteiger partial charge on any atom is -0.370 e. The Hall–Kier alpha value is -1.65. The van der Waals surface area contributed by atoms with Gasteiger partial charge < -0.3 is 9.64 Å². The van der Waals surface area contributed by atoms with Crippen LogP contribution in [-0.4, -0.2) is 29.7 Å². The van der Waals surface area contributed by atoms with Gasteiger partial charge in [-0.2, -0.15) is 0 Å². The average Bonchev–Trinajstić information content (AvgIpc) is 2.55. The molecule has 0 N–H and O–H groups in total. The van der Waals surface area contributed by atoms with Crippen LogP contribution in [-0.2, 0) is 11.2 Å². The SMILES string of the molecule is CCc1c(Cl)nc(C)nc1N1CCOC(c2ccccc2C)C1. The molecule has 3 rings (SSSR count). The molecule has 1 aromatic carbocycles. The standard InChI is InChI=1S/C18H22ClN3O/c1-4-14-17(19)20-13(3)21-18(14)22-9-10-23-16(11-22)15-8-6-5-7-12(15)2/h5-8,16H,4,9-11H2,1-3H3. The Kier molecular flexibility index (Phi) is 4.83. The van der Waals surface area contributed by atoms with Gasteiger partial charge in [-0.05, 0) is 31.4 Å². The van der Waals surface area contributed by atoms with Crippen LogP contribution in [0.2, 0.25) is 5.15 Å². The maximum atomic E-state index is 6.32. The van der Waals surface area contributed by atoms with Crippen LogP contribution < -0.4 is 4.90 Å². The number of benzene rings is 1. The summed E-state index contributed by atoms with van der Waals surface area (Å²) in [6.45, 7) is 8.38. The summed E-state index contributed by atoms with van der Waals surface area (Å²) in [6, 6.07) is 8.39. The van der Waals surface area contributed by atoms with Crippen molar-refractivity contribution in [3.05, 3.63) is 51.9 Å². The Bertz CT molecular complexity index is 705.